The molecular formula is C24H22F3N5OS. The van der Waals surface area contributed by atoms with Crippen molar-refractivity contribution in [3.8, 4) is 10.6 Å². The van der Waals surface area contributed by atoms with E-state index in [0.717, 1.165) is 33.3 Å². The number of thiazole rings is 1. The fraction of sp³-hybridized carbons (Fsp3) is 0.292. The predicted molar refractivity (Wildman–Crippen MR) is 121 cm³/mol. The van der Waals surface area contributed by atoms with Crippen LogP contribution in [0.2, 0.25) is 0 Å². The SMILES string of the molecule is C[C@@H](N1CCc2nc(-c3ccc(F)cc3)sc2C1)[C@](O)(Cn1cncn1)c1ccc(F)cc1F. The molecule has 1 aliphatic heterocycles. The average molecular weight is 486 g/mol. The molecule has 3 heterocycles. The van der Waals surface area contributed by atoms with Crippen LogP contribution in [0.1, 0.15) is 23.1 Å². The maximum atomic E-state index is 14.9. The molecule has 176 valence electrons. The van der Waals surface area contributed by atoms with Crippen LogP contribution >= 0.6 is 11.3 Å². The van der Waals surface area contributed by atoms with E-state index in [1.807, 2.05) is 6.92 Å². The first-order valence-electron chi connectivity index (χ1n) is 10.8. The minimum Gasteiger partial charge on any atom is -0.381 e. The zero-order valence-corrected chi connectivity index (χ0v) is 19.1. The Morgan fingerprint density at radius 3 is 2.59 bits per heavy atom. The molecule has 0 saturated carbocycles. The van der Waals surface area contributed by atoms with E-state index >= 15 is 0 Å². The van der Waals surface area contributed by atoms with Gasteiger partial charge in [-0.1, -0.05) is 6.07 Å². The molecule has 2 atom stereocenters. The second kappa shape index (κ2) is 8.94. The van der Waals surface area contributed by atoms with Crippen LogP contribution in [0.15, 0.2) is 55.1 Å². The van der Waals surface area contributed by atoms with Gasteiger partial charge in [0, 0.05) is 47.6 Å². The fourth-order valence-corrected chi connectivity index (χ4v) is 5.55. The van der Waals surface area contributed by atoms with E-state index < -0.39 is 23.3 Å². The number of hydrogen-bond donors (Lipinski definition) is 1. The minimum absolute atomic E-state index is 0.000923. The molecular weight excluding hydrogens is 463 g/mol. The molecule has 1 N–H and O–H groups in total. The van der Waals surface area contributed by atoms with Gasteiger partial charge < -0.3 is 5.11 Å². The van der Waals surface area contributed by atoms with Crippen LogP contribution in [-0.4, -0.2) is 42.3 Å². The lowest BCUT2D eigenvalue weighted by molar-refractivity contribution is -0.0675. The minimum atomic E-state index is -1.70. The molecule has 1 aliphatic rings. The van der Waals surface area contributed by atoms with Crippen molar-refractivity contribution in [2.75, 3.05) is 6.54 Å². The van der Waals surface area contributed by atoms with Gasteiger partial charge in [-0.05, 0) is 37.3 Å². The van der Waals surface area contributed by atoms with Crippen molar-refractivity contribution in [2.24, 2.45) is 0 Å². The van der Waals surface area contributed by atoms with Gasteiger partial charge in [-0.2, -0.15) is 5.10 Å². The molecule has 0 radical (unpaired) electrons. The Bertz CT molecular complexity index is 1290. The zero-order chi connectivity index (χ0) is 23.9. The molecule has 4 aromatic rings. The number of rotatable bonds is 6. The molecule has 0 amide bonds. The van der Waals surface area contributed by atoms with Gasteiger partial charge in [0.05, 0.1) is 12.2 Å². The number of aliphatic hydroxyl groups is 1. The van der Waals surface area contributed by atoms with Crippen molar-refractivity contribution in [2.45, 2.75) is 38.1 Å². The van der Waals surface area contributed by atoms with Crippen molar-refractivity contribution in [1.82, 2.24) is 24.6 Å². The predicted octanol–water partition coefficient (Wildman–Crippen LogP) is 4.15. The largest absolute Gasteiger partial charge is 0.381 e. The van der Waals surface area contributed by atoms with Crippen molar-refractivity contribution < 1.29 is 18.3 Å². The number of aromatic nitrogens is 4. The second-order valence-electron chi connectivity index (χ2n) is 8.43. The zero-order valence-electron chi connectivity index (χ0n) is 18.3. The number of halogens is 3. The highest BCUT2D eigenvalue weighted by Crippen LogP contribution is 2.37. The van der Waals surface area contributed by atoms with Crippen LogP contribution in [0.25, 0.3) is 10.6 Å². The van der Waals surface area contributed by atoms with E-state index in [1.54, 1.807) is 12.1 Å². The summed E-state index contributed by atoms with van der Waals surface area (Å²) in [6.45, 7) is 2.89. The Balaban J connectivity index is 1.45. The van der Waals surface area contributed by atoms with Crippen LogP contribution in [0.4, 0.5) is 13.2 Å². The van der Waals surface area contributed by atoms with Gasteiger partial charge in [0.2, 0.25) is 0 Å². The van der Waals surface area contributed by atoms with E-state index in [1.165, 1.54) is 46.9 Å². The summed E-state index contributed by atoms with van der Waals surface area (Å²) in [7, 11) is 0. The van der Waals surface area contributed by atoms with Crippen molar-refractivity contribution in [3.63, 3.8) is 0 Å². The summed E-state index contributed by atoms with van der Waals surface area (Å²) >= 11 is 1.52. The average Bonchev–Trinajstić information content (AvgIpc) is 3.48. The first-order chi connectivity index (χ1) is 16.3. The fourth-order valence-electron chi connectivity index (χ4n) is 4.41. The van der Waals surface area contributed by atoms with Crippen molar-refractivity contribution in [3.05, 3.63) is 88.7 Å². The first-order valence-corrected chi connectivity index (χ1v) is 11.6. The van der Waals surface area contributed by atoms with Crippen LogP contribution < -0.4 is 0 Å². The summed E-state index contributed by atoms with van der Waals surface area (Å²) in [6, 6.07) is 8.89. The van der Waals surface area contributed by atoms with Gasteiger partial charge in [0.15, 0.2) is 0 Å². The quantitative estimate of drug-likeness (QED) is 0.445. The van der Waals surface area contributed by atoms with Gasteiger partial charge in [-0.3, -0.25) is 4.90 Å². The Kier molecular flexibility index (Phi) is 5.97. The van der Waals surface area contributed by atoms with E-state index in [4.69, 9.17) is 4.98 Å². The van der Waals surface area contributed by atoms with Gasteiger partial charge in [0.1, 0.15) is 40.7 Å². The third-order valence-corrected chi connectivity index (χ3v) is 7.49. The second-order valence-corrected chi connectivity index (χ2v) is 9.52. The molecule has 0 saturated heterocycles. The highest BCUT2D eigenvalue weighted by Gasteiger charge is 2.43. The topological polar surface area (TPSA) is 67.1 Å². The number of fused-ring (bicyclic) bond motifs is 1. The van der Waals surface area contributed by atoms with Gasteiger partial charge in [0.25, 0.3) is 0 Å². The Morgan fingerprint density at radius 2 is 1.88 bits per heavy atom. The highest BCUT2D eigenvalue weighted by molar-refractivity contribution is 7.15. The van der Waals surface area contributed by atoms with E-state index in [0.29, 0.717) is 19.5 Å². The molecule has 0 bridgehead atoms. The molecule has 34 heavy (non-hydrogen) atoms. The molecule has 0 aliphatic carbocycles. The molecule has 0 spiro atoms. The normalized spacial score (nSPS) is 16.7. The molecule has 0 unspecified atom stereocenters. The maximum absolute atomic E-state index is 14.9. The third-order valence-electron chi connectivity index (χ3n) is 6.36. The lowest BCUT2D eigenvalue weighted by Crippen LogP contribution is -2.53. The van der Waals surface area contributed by atoms with Crippen molar-refractivity contribution in [1.29, 1.82) is 0 Å². The summed E-state index contributed by atoms with van der Waals surface area (Å²) in [5, 5.41) is 16.7. The van der Waals surface area contributed by atoms with E-state index in [-0.39, 0.29) is 17.9 Å². The van der Waals surface area contributed by atoms with Gasteiger partial charge in [-0.15, -0.1) is 11.3 Å². The summed E-state index contributed by atoms with van der Waals surface area (Å²) in [5.41, 5.74) is 0.115. The monoisotopic (exact) mass is 485 g/mol. The van der Waals surface area contributed by atoms with Gasteiger partial charge in [-0.25, -0.2) is 27.8 Å². The molecule has 5 rings (SSSR count). The van der Waals surface area contributed by atoms with Crippen LogP contribution in [0.3, 0.4) is 0 Å². The van der Waals surface area contributed by atoms with Gasteiger partial charge >= 0.3 is 0 Å². The Labute approximate surface area is 198 Å². The lowest BCUT2D eigenvalue weighted by atomic mass is 9.85. The number of benzene rings is 2. The van der Waals surface area contributed by atoms with Crippen LogP contribution in [-0.2, 0) is 25.1 Å². The van der Waals surface area contributed by atoms with E-state index in [2.05, 4.69) is 15.0 Å². The summed E-state index contributed by atoms with van der Waals surface area (Å²) in [6.07, 6.45) is 3.45. The van der Waals surface area contributed by atoms with Crippen LogP contribution in [0.5, 0.6) is 0 Å². The third kappa shape index (κ3) is 4.24. The molecule has 6 nitrogen and oxygen atoms in total. The van der Waals surface area contributed by atoms with Crippen LogP contribution in [0, 0.1) is 17.5 Å². The molecule has 2 aromatic heterocycles. The summed E-state index contributed by atoms with van der Waals surface area (Å²) in [5.74, 6) is -1.83. The summed E-state index contributed by atoms with van der Waals surface area (Å²) in [4.78, 5) is 11.8. The molecule has 2 aromatic carbocycles. The summed E-state index contributed by atoms with van der Waals surface area (Å²) < 4.78 is 43.2. The standard InChI is InChI=1S/C24H22F3N5OS/c1-15(24(33,12-32-14-28-13-29-32)19-7-6-18(26)10-20(19)27)31-9-8-21-22(11-31)34-23(30-21)16-2-4-17(25)5-3-16/h2-7,10,13-15,33H,8-9,11-12H2,1H3/t15-,24-/m1/s1. The molecule has 0 fully saturated rings. The maximum Gasteiger partial charge on any atom is 0.137 e. The number of nitrogens with zero attached hydrogens (tertiary/aromatic N) is 5. The highest BCUT2D eigenvalue weighted by atomic mass is 32.1. The Hall–Kier alpha value is -3.08. The van der Waals surface area contributed by atoms with E-state index in [9.17, 15) is 18.3 Å². The lowest BCUT2D eigenvalue weighted by Gasteiger charge is -2.42. The number of hydrogen-bond acceptors (Lipinski definition) is 6. The van der Waals surface area contributed by atoms with Crippen molar-refractivity contribution >= 4 is 11.3 Å². The Morgan fingerprint density at radius 1 is 1.12 bits per heavy atom. The molecule has 10 heteroatoms. The smallest absolute Gasteiger partial charge is 0.137 e. The first kappa shape index (κ1) is 22.7.